The van der Waals surface area contributed by atoms with Gasteiger partial charge in [-0.3, -0.25) is 14.2 Å². The number of aromatic nitrogens is 4. The van der Waals surface area contributed by atoms with Crippen molar-refractivity contribution in [1.82, 2.24) is 24.6 Å². The molecule has 4 rings (SSSR count). The molecule has 1 saturated carbocycles. The fraction of sp³-hybridized carbons (Fsp3) is 0.520. The van der Waals surface area contributed by atoms with E-state index in [4.69, 9.17) is 0 Å². The second-order valence-electron chi connectivity index (χ2n) is 9.06. The number of amides is 1. The number of fused-ring (bicyclic) bond motifs is 1. The zero-order valence-electron chi connectivity index (χ0n) is 19.2. The lowest BCUT2D eigenvalue weighted by Gasteiger charge is -2.27. The summed E-state index contributed by atoms with van der Waals surface area (Å²) in [6.07, 6.45) is 11.3. The highest BCUT2D eigenvalue weighted by molar-refractivity contribution is 9.10. The highest BCUT2D eigenvalue weighted by Gasteiger charge is 2.25. The maximum Gasteiger partial charge on any atom is 0.264 e. The lowest BCUT2D eigenvalue weighted by Crippen LogP contribution is -2.35. The Kier molecular flexibility index (Phi) is 7.96. The van der Waals surface area contributed by atoms with E-state index >= 15 is 0 Å². The van der Waals surface area contributed by atoms with Gasteiger partial charge in [0.25, 0.3) is 5.56 Å². The molecular weight excluding hydrogens is 482 g/mol. The summed E-state index contributed by atoms with van der Waals surface area (Å²) < 4.78 is 4.29. The lowest BCUT2D eigenvalue weighted by molar-refractivity contribution is -0.126. The molecule has 0 bridgehead atoms. The van der Waals surface area contributed by atoms with E-state index < -0.39 is 0 Å². The average Bonchev–Trinajstić information content (AvgIpc) is 3.25. The molecule has 8 heteroatoms. The van der Waals surface area contributed by atoms with E-state index in [1.807, 2.05) is 24.3 Å². The van der Waals surface area contributed by atoms with Crippen molar-refractivity contribution in [2.24, 2.45) is 11.8 Å². The van der Waals surface area contributed by atoms with Crippen LogP contribution in [0.25, 0.3) is 11.0 Å². The van der Waals surface area contributed by atoms with Crippen LogP contribution >= 0.6 is 15.9 Å². The van der Waals surface area contributed by atoms with Gasteiger partial charge in [-0.15, -0.1) is 0 Å². The molecule has 0 saturated heterocycles. The molecule has 1 fully saturated rings. The summed E-state index contributed by atoms with van der Waals surface area (Å²) >= 11 is 3.42. The van der Waals surface area contributed by atoms with E-state index in [1.54, 1.807) is 21.8 Å². The first-order valence-corrected chi connectivity index (χ1v) is 12.8. The maximum atomic E-state index is 12.9. The lowest BCUT2D eigenvalue weighted by atomic mass is 9.79. The van der Waals surface area contributed by atoms with E-state index in [9.17, 15) is 9.59 Å². The minimum atomic E-state index is -0.113. The van der Waals surface area contributed by atoms with Crippen molar-refractivity contribution < 1.29 is 4.79 Å². The second-order valence-corrected chi connectivity index (χ2v) is 9.98. The maximum absolute atomic E-state index is 12.9. The molecule has 2 heterocycles. The Labute approximate surface area is 202 Å². The van der Waals surface area contributed by atoms with Gasteiger partial charge in [0, 0.05) is 16.9 Å². The number of nitrogens with zero attached hydrogens (tertiary/aromatic N) is 4. The molecule has 0 aliphatic heterocycles. The Bertz CT molecular complexity index is 1130. The molecule has 0 unspecified atom stereocenters. The van der Waals surface area contributed by atoms with Crippen molar-refractivity contribution in [1.29, 1.82) is 0 Å². The van der Waals surface area contributed by atoms with Crippen molar-refractivity contribution in [3.8, 4) is 0 Å². The van der Waals surface area contributed by atoms with Gasteiger partial charge in [0.15, 0.2) is 5.65 Å². The van der Waals surface area contributed by atoms with Gasteiger partial charge >= 0.3 is 0 Å². The van der Waals surface area contributed by atoms with Crippen LogP contribution in [0.2, 0.25) is 0 Å². The van der Waals surface area contributed by atoms with E-state index in [0.29, 0.717) is 30.7 Å². The molecule has 1 amide bonds. The first-order chi connectivity index (χ1) is 16.0. The van der Waals surface area contributed by atoms with Gasteiger partial charge in [-0.2, -0.15) is 5.10 Å². The molecule has 176 valence electrons. The third kappa shape index (κ3) is 5.91. The van der Waals surface area contributed by atoms with E-state index in [0.717, 1.165) is 28.8 Å². The van der Waals surface area contributed by atoms with Crippen LogP contribution in [0.4, 0.5) is 0 Å². The summed E-state index contributed by atoms with van der Waals surface area (Å²) in [6, 6.07) is 7.86. The molecule has 1 aliphatic rings. The van der Waals surface area contributed by atoms with Crippen LogP contribution < -0.4 is 10.9 Å². The van der Waals surface area contributed by atoms with Crippen LogP contribution in [-0.4, -0.2) is 31.8 Å². The van der Waals surface area contributed by atoms with Crippen molar-refractivity contribution in [3.05, 3.63) is 57.2 Å². The van der Waals surface area contributed by atoms with Gasteiger partial charge in [-0.1, -0.05) is 54.2 Å². The number of benzene rings is 1. The fourth-order valence-electron chi connectivity index (χ4n) is 4.70. The molecule has 0 spiro atoms. The van der Waals surface area contributed by atoms with Crippen LogP contribution in [0.15, 0.2) is 46.1 Å². The Balaban J connectivity index is 1.31. The number of hydrogen-bond donors (Lipinski definition) is 1. The number of carbonyl (C=O) groups excluding carboxylic acids is 1. The molecule has 1 N–H and O–H groups in total. The van der Waals surface area contributed by atoms with Crippen LogP contribution in [0.1, 0.15) is 57.4 Å². The number of rotatable bonds is 9. The standard InChI is InChI=1S/C25H32BrN5O2/c1-2-3-4-18-5-9-20(10-6-18)24(32)27-13-14-31-23-22(15-29-31)25(33)30(17-28-23)16-19-7-11-21(26)12-8-19/h7-8,11-12,15,17-18,20H,2-6,9-10,13-14,16H2,1H3,(H,27,32). The first-order valence-electron chi connectivity index (χ1n) is 12.0. The first kappa shape index (κ1) is 23.7. The van der Waals surface area contributed by atoms with Crippen LogP contribution in [-0.2, 0) is 17.9 Å². The predicted molar refractivity (Wildman–Crippen MR) is 133 cm³/mol. The van der Waals surface area contributed by atoms with E-state index in [2.05, 4.69) is 38.3 Å². The summed E-state index contributed by atoms with van der Waals surface area (Å²) in [7, 11) is 0. The minimum absolute atomic E-state index is 0.113. The normalized spacial score (nSPS) is 18.5. The third-order valence-electron chi connectivity index (χ3n) is 6.69. The fourth-order valence-corrected chi connectivity index (χ4v) is 4.96. The van der Waals surface area contributed by atoms with Crippen LogP contribution in [0, 0.1) is 11.8 Å². The molecule has 1 aromatic carbocycles. The van der Waals surface area contributed by atoms with Crippen LogP contribution in [0.5, 0.6) is 0 Å². The summed E-state index contributed by atoms with van der Waals surface area (Å²) in [5.41, 5.74) is 1.46. The Morgan fingerprint density at radius 3 is 2.67 bits per heavy atom. The minimum Gasteiger partial charge on any atom is -0.354 e. The molecule has 3 aromatic rings. The van der Waals surface area contributed by atoms with Crippen molar-refractivity contribution >= 4 is 32.9 Å². The van der Waals surface area contributed by atoms with Gasteiger partial charge in [0.05, 0.1) is 19.3 Å². The molecular formula is C25H32BrN5O2. The SMILES string of the molecule is CCCCC1CCC(C(=O)NCCn2ncc3c(=O)n(Cc4ccc(Br)cc4)cnc32)CC1. The van der Waals surface area contributed by atoms with Gasteiger partial charge < -0.3 is 5.32 Å². The number of carbonyl (C=O) groups is 1. The van der Waals surface area contributed by atoms with Crippen molar-refractivity contribution in [2.45, 2.75) is 65.0 Å². The Morgan fingerprint density at radius 2 is 1.94 bits per heavy atom. The third-order valence-corrected chi connectivity index (χ3v) is 7.22. The summed E-state index contributed by atoms with van der Waals surface area (Å²) in [6.45, 7) is 3.66. The topological polar surface area (TPSA) is 81.8 Å². The number of nitrogens with one attached hydrogen (secondary N) is 1. The zero-order chi connectivity index (χ0) is 23.2. The molecule has 2 aromatic heterocycles. The summed E-state index contributed by atoms with van der Waals surface area (Å²) in [5, 5.41) is 7.90. The van der Waals surface area contributed by atoms with Gasteiger partial charge in [0.1, 0.15) is 11.7 Å². The summed E-state index contributed by atoms with van der Waals surface area (Å²) in [4.78, 5) is 30.0. The van der Waals surface area contributed by atoms with Gasteiger partial charge in [-0.25, -0.2) is 9.67 Å². The smallest absolute Gasteiger partial charge is 0.264 e. The quantitative estimate of drug-likeness (QED) is 0.456. The highest BCUT2D eigenvalue weighted by atomic mass is 79.9. The molecule has 33 heavy (non-hydrogen) atoms. The number of halogens is 1. The van der Waals surface area contributed by atoms with Crippen molar-refractivity contribution in [3.63, 3.8) is 0 Å². The average molecular weight is 514 g/mol. The molecule has 0 radical (unpaired) electrons. The molecule has 1 aliphatic carbocycles. The molecule has 0 atom stereocenters. The predicted octanol–water partition coefficient (Wildman–Crippen LogP) is 4.52. The number of unbranched alkanes of at least 4 members (excludes halogenated alkanes) is 1. The largest absolute Gasteiger partial charge is 0.354 e. The monoisotopic (exact) mass is 513 g/mol. The van der Waals surface area contributed by atoms with E-state index in [1.165, 1.54) is 32.1 Å². The van der Waals surface area contributed by atoms with Gasteiger partial charge in [0.2, 0.25) is 5.91 Å². The molecule has 7 nitrogen and oxygen atoms in total. The van der Waals surface area contributed by atoms with Crippen molar-refractivity contribution in [2.75, 3.05) is 6.54 Å². The van der Waals surface area contributed by atoms with Gasteiger partial charge in [-0.05, 0) is 49.3 Å². The van der Waals surface area contributed by atoms with E-state index in [-0.39, 0.29) is 17.4 Å². The highest BCUT2D eigenvalue weighted by Crippen LogP contribution is 2.31. The van der Waals surface area contributed by atoms with Crippen LogP contribution in [0.3, 0.4) is 0 Å². The second kappa shape index (κ2) is 11.1. The Morgan fingerprint density at radius 1 is 1.18 bits per heavy atom. The Hall–Kier alpha value is -2.48. The summed E-state index contributed by atoms with van der Waals surface area (Å²) in [5.74, 6) is 1.06. The zero-order valence-corrected chi connectivity index (χ0v) is 20.8. The number of hydrogen-bond acceptors (Lipinski definition) is 4.